The van der Waals surface area contributed by atoms with Crippen molar-refractivity contribution in [1.82, 2.24) is 14.3 Å². The van der Waals surface area contributed by atoms with E-state index in [1.807, 2.05) is 18.2 Å². The second kappa shape index (κ2) is 7.80. The van der Waals surface area contributed by atoms with Gasteiger partial charge in [0.05, 0.1) is 11.9 Å². The summed E-state index contributed by atoms with van der Waals surface area (Å²) in [5.74, 6) is 0.454. The van der Waals surface area contributed by atoms with Crippen LogP contribution in [0.25, 0.3) is 0 Å². The highest BCUT2D eigenvalue weighted by molar-refractivity contribution is 7.89. The highest BCUT2D eigenvalue weighted by atomic mass is 32.2. The Labute approximate surface area is 136 Å². The molecule has 0 saturated carbocycles. The minimum Gasteiger partial charge on any atom is -0.261 e. The molecule has 23 heavy (non-hydrogen) atoms. The van der Waals surface area contributed by atoms with Crippen LogP contribution in [0.3, 0.4) is 0 Å². The van der Waals surface area contributed by atoms with Gasteiger partial charge in [0.15, 0.2) is 0 Å². The third-order valence-corrected chi connectivity index (χ3v) is 5.18. The van der Waals surface area contributed by atoms with Crippen molar-refractivity contribution >= 4 is 22.1 Å². The molecule has 2 aromatic rings. The predicted octanol–water partition coefficient (Wildman–Crippen LogP) is 1.95. The summed E-state index contributed by atoms with van der Waals surface area (Å²) in [4.78, 5) is 8.34. The number of anilines is 1. The number of hydrogen-bond acceptors (Lipinski definition) is 6. The molecular weight excluding hydrogens is 314 g/mol. The smallest absolute Gasteiger partial charge is 0.244 e. The first-order chi connectivity index (χ1) is 11.1. The largest absolute Gasteiger partial charge is 0.261 e. The van der Waals surface area contributed by atoms with E-state index in [-0.39, 0.29) is 4.90 Å². The fourth-order valence-electron chi connectivity index (χ4n) is 1.93. The quantitative estimate of drug-likeness (QED) is 0.618. The lowest BCUT2D eigenvalue weighted by atomic mass is 10.4. The first-order valence-electron chi connectivity index (χ1n) is 7.24. The van der Waals surface area contributed by atoms with Crippen LogP contribution < -0.4 is 5.43 Å². The van der Waals surface area contributed by atoms with Crippen molar-refractivity contribution < 1.29 is 8.42 Å². The molecule has 0 amide bonds. The number of nitrogens with zero attached hydrogens (tertiary/aromatic N) is 4. The van der Waals surface area contributed by atoms with Crippen molar-refractivity contribution in [3.63, 3.8) is 0 Å². The van der Waals surface area contributed by atoms with Crippen molar-refractivity contribution in [2.75, 3.05) is 18.5 Å². The summed E-state index contributed by atoms with van der Waals surface area (Å²) in [7, 11) is -3.49. The molecule has 2 aromatic heterocycles. The van der Waals surface area contributed by atoms with Gasteiger partial charge in [-0.1, -0.05) is 19.9 Å². The monoisotopic (exact) mass is 333 g/mol. The standard InChI is InChI=1S/C15H19N5O2S/c1-3-20(4-2)23(21,22)14-8-9-15(17-12-14)19-18-11-13-7-5-6-10-16-13/h5-12H,3-4H2,1-2H3,(H,17,19)/b18-11+. The maximum atomic E-state index is 12.3. The van der Waals surface area contributed by atoms with Crippen molar-refractivity contribution in [2.24, 2.45) is 5.10 Å². The number of hydrogen-bond donors (Lipinski definition) is 1. The van der Waals surface area contributed by atoms with E-state index in [9.17, 15) is 8.42 Å². The molecule has 0 aliphatic rings. The van der Waals surface area contributed by atoms with Gasteiger partial charge in [0.2, 0.25) is 10.0 Å². The number of pyridine rings is 2. The van der Waals surface area contributed by atoms with E-state index in [2.05, 4.69) is 20.5 Å². The lowest BCUT2D eigenvalue weighted by Crippen LogP contribution is -2.30. The van der Waals surface area contributed by atoms with E-state index >= 15 is 0 Å². The Bertz CT molecular complexity index is 741. The van der Waals surface area contributed by atoms with Crippen LogP contribution in [0.15, 0.2) is 52.7 Å². The molecule has 0 atom stereocenters. The van der Waals surface area contributed by atoms with E-state index in [1.165, 1.54) is 16.6 Å². The lowest BCUT2D eigenvalue weighted by Gasteiger charge is -2.18. The normalized spacial score (nSPS) is 12.0. The Hall–Kier alpha value is -2.32. The first kappa shape index (κ1) is 17.0. The molecule has 2 heterocycles. The molecule has 0 bridgehead atoms. The third kappa shape index (κ3) is 4.33. The fraction of sp³-hybridized carbons (Fsp3) is 0.267. The summed E-state index contributed by atoms with van der Waals surface area (Å²) >= 11 is 0. The average Bonchev–Trinajstić information content (AvgIpc) is 2.57. The number of hydrazone groups is 1. The summed E-state index contributed by atoms with van der Waals surface area (Å²) in [5, 5.41) is 4.01. The fourth-order valence-corrected chi connectivity index (χ4v) is 3.33. The average molecular weight is 333 g/mol. The summed E-state index contributed by atoms with van der Waals surface area (Å²) in [6, 6.07) is 8.59. The van der Waals surface area contributed by atoms with Gasteiger partial charge in [0.1, 0.15) is 10.7 Å². The second-order valence-electron chi connectivity index (χ2n) is 4.59. The van der Waals surface area contributed by atoms with Crippen LogP contribution in [0.2, 0.25) is 0 Å². The zero-order valence-corrected chi connectivity index (χ0v) is 13.9. The van der Waals surface area contributed by atoms with Crippen molar-refractivity contribution in [3.05, 3.63) is 48.4 Å². The van der Waals surface area contributed by atoms with E-state index < -0.39 is 10.0 Å². The molecule has 2 rings (SSSR count). The zero-order chi connectivity index (χ0) is 16.7. The minimum absolute atomic E-state index is 0.167. The zero-order valence-electron chi connectivity index (χ0n) is 13.0. The SMILES string of the molecule is CCN(CC)S(=O)(=O)c1ccc(N/N=C/c2ccccn2)nc1. The van der Waals surface area contributed by atoms with Crippen LogP contribution in [0.4, 0.5) is 5.82 Å². The second-order valence-corrected chi connectivity index (χ2v) is 6.53. The molecule has 8 heteroatoms. The summed E-state index contributed by atoms with van der Waals surface area (Å²) in [5.41, 5.74) is 3.45. The van der Waals surface area contributed by atoms with Gasteiger partial charge >= 0.3 is 0 Å². The number of sulfonamides is 1. The summed E-state index contributed by atoms with van der Waals surface area (Å²) < 4.78 is 26.1. The van der Waals surface area contributed by atoms with Gasteiger partial charge in [0, 0.05) is 25.5 Å². The molecule has 0 spiro atoms. The molecule has 0 saturated heterocycles. The van der Waals surface area contributed by atoms with Crippen LogP contribution in [-0.2, 0) is 10.0 Å². The van der Waals surface area contributed by atoms with Gasteiger partial charge in [-0.3, -0.25) is 10.4 Å². The summed E-state index contributed by atoms with van der Waals surface area (Å²) in [6.07, 6.45) is 4.56. The summed E-state index contributed by atoms with van der Waals surface area (Å²) in [6.45, 7) is 4.45. The number of nitrogens with one attached hydrogen (secondary N) is 1. The molecule has 0 unspecified atom stereocenters. The predicted molar refractivity (Wildman–Crippen MR) is 89.8 cm³/mol. The lowest BCUT2D eigenvalue weighted by molar-refractivity contribution is 0.445. The highest BCUT2D eigenvalue weighted by Crippen LogP contribution is 2.15. The van der Waals surface area contributed by atoms with Gasteiger partial charge < -0.3 is 0 Å². The van der Waals surface area contributed by atoms with Gasteiger partial charge in [0.25, 0.3) is 0 Å². The van der Waals surface area contributed by atoms with Crippen LogP contribution in [-0.4, -0.2) is 42.0 Å². The van der Waals surface area contributed by atoms with Crippen LogP contribution in [0, 0.1) is 0 Å². The molecule has 7 nitrogen and oxygen atoms in total. The molecule has 0 aliphatic carbocycles. The molecular formula is C15H19N5O2S. The van der Waals surface area contributed by atoms with Gasteiger partial charge in [-0.25, -0.2) is 13.4 Å². The Morgan fingerprint density at radius 3 is 2.52 bits per heavy atom. The molecule has 0 radical (unpaired) electrons. The van der Waals surface area contributed by atoms with E-state index in [0.29, 0.717) is 24.6 Å². The Morgan fingerprint density at radius 2 is 1.96 bits per heavy atom. The molecule has 0 fully saturated rings. The maximum Gasteiger partial charge on any atom is 0.244 e. The van der Waals surface area contributed by atoms with Crippen LogP contribution in [0.5, 0.6) is 0 Å². The Kier molecular flexibility index (Phi) is 5.78. The topological polar surface area (TPSA) is 87.5 Å². The first-order valence-corrected chi connectivity index (χ1v) is 8.68. The van der Waals surface area contributed by atoms with E-state index in [4.69, 9.17) is 0 Å². The molecule has 0 aliphatic heterocycles. The van der Waals surface area contributed by atoms with Crippen molar-refractivity contribution in [2.45, 2.75) is 18.7 Å². The number of aromatic nitrogens is 2. The van der Waals surface area contributed by atoms with Crippen molar-refractivity contribution in [1.29, 1.82) is 0 Å². The minimum atomic E-state index is -3.49. The Morgan fingerprint density at radius 1 is 1.17 bits per heavy atom. The van der Waals surface area contributed by atoms with Gasteiger partial charge in [-0.2, -0.15) is 9.41 Å². The van der Waals surface area contributed by atoms with Gasteiger partial charge in [-0.05, 0) is 24.3 Å². The number of rotatable bonds is 7. The Balaban J connectivity index is 2.06. The highest BCUT2D eigenvalue weighted by Gasteiger charge is 2.21. The molecule has 0 aromatic carbocycles. The molecule has 1 N–H and O–H groups in total. The van der Waals surface area contributed by atoms with E-state index in [0.717, 1.165) is 0 Å². The van der Waals surface area contributed by atoms with Gasteiger partial charge in [-0.15, -0.1) is 0 Å². The maximum absolute atomic E-state index is 12.3. The van der Waals surface area contributed by atoms with Crippen LogP contribution in [0.1, 0.15) is 19.5 Å². The molecule has 122 valence electrons. The van der Waals surface area contributed by atoms with Crippen molar-refractivity contribution in [3.8, 4) is 0 Å². The third-order valence-electron chi connectivity index (χ3n) is 3.14. The van der Waals surface area contributed by atoms with Crippen LogP contribution >= 0.6 is 0 Å². The van der Waals surface area contributed by atoms with E-state index in [1.54, 1.807) is 32.3 Å².